The summed E-state index contributed by atoms with van der Waals surface area (Å²) in [6.07, 6.45) is 0.420. The lowest BCUT2D eigenvalue weighted by Crippen LogP contribution is -2.46. The number of ether oxygens (including phenoxy) is 1. The van der Waals surface area contributed by atoms with Crippen molar-refractivity contribution < 1.29 is 9.53 Å². The molecule has 1 unspecified atom stereocenters. The van der Waals surface area contributed by atoms with Crippen molar-refractivity contribution in [2.75, 3.05) is 39.8 Å². The highest BCUT2D eigenvalue weighted by molar-refractivity contribution is 14.0. The molecule has 1 atom stereocenters. The molecule has 8 heteroatoms. The molecule has 0 rings (SSSR count). The fourth-order valence-corrected chi connectivity index (χ4v) is 2.24. The number of hydrogen-bond donors (Lipinski definition) is 3. The summed E-state index contributed by atoms with van der Waals surface area (Å²) in [6.45, 7) is 16.3. The van der Waals surface area contributed by atoms with Crippen LogP contribution in [0.3, 0.4) is 0 Å². The van der Waals surface area contributed by atoms with E-state index in [0.717, 1.165) is 38.6 Å². The van der Waals surface area contributed by atoms with Crippen LogP contribution in [0.15, 0.2) is 4.99 Å². The Morgan fingerprint density at radius 1 is 1.12 bits per heavy atom. The van der Waals surface area contributed by atoms with Crippen molar-refractivity contribution in [3.8, 4) is 0 Å². The molecule has 0 aliphatic carbocycles. The third-order valence-electron chi connectivity index (χ3n) is 3.54. The van der Waals surface area contributed by atoms with Crippen LogP contribution in [0.4, 0.5) is 4.79 Å². The van der Waals surface area contributed by atoms with Crippen molar-refractivity contribution in [3.05, 3.63) is 0 Å². The zero-order valence-electron chi connectivity index (χ0n) is 16.9. The van der Waals surface area contributed by atoms with Gasteiger partial charge in [0.1, 0.15) is 5.60 Å². The molecule has 0 saturated heterocycles. The first-order valence-electron chi connectivity index (χ1n) is 8.88. The summed E-state index contributed by atoms with van der Waals surface area (Å²) in [4.78, 5) is 18.1. The van der Waals surface area contributed by atoms with Crippen LogP contribution in [0.25, 0.3) is 0 Å². The first-order chi connectivity index (χ1) is 11.2. The van der Waals surface area contributed by atoms with Gasteiger partial charge in [0.25, 0.3) is 0 Å². The smallest absolute Gasteiger partial charge is 0.407 e. The van der Waals surface area contributed by atoms with Crippen LogP contribution in [0, 0.1) is 0 Å². The van der Waals surface area contributed by atoms with Crippen LogP contribution >= 0.6 is 24.0 Å². The maximum Gasteiger partial charge on any atom is 0.407 e. The fourth-order valence-electron chi connectivity index (χ4n) is 2.24. The number of amides is 1. The maximum atomic E-state index is 11.5. The Labute approximate surface area is 170 Å². The summed E-state index contributed by atoms with van der Waals surface area (Å²) >= 11 is 0. The lowest BCUT2D eigenvalue weighted by atomic mass is 10.2. The average Bonchev–Trinajstić information content (AvgIpc) is 2.49. The first-order valence-corrected chi connectivity index (χ1v) is 8.88. The van der Waals surface area contributed by atoms with Gasteiger partial charge in [-0.1, -0.05) is 13.8 Å². The van der Waals surface area contributed by atoms with Crippen LogP contribution in [-0.4, -0.2) is 68.4 Å². The molecule has 0 bridgehead atoms. The topological polar surface area (TPSA) is 78.0 Å². The predicted molar refractivity (Wildman–Crippen MR) is 116 cm³/mol. The number of halogens is 1. The minimum atomic E-state index is -0.462. The second-order valence-electron chi connectivity index (χ2n) is 6.73. The molecule has 0 radical (unpaired) electrons. The summed E-state index contributed by atoms with van der Waals surface area (Å²) in [5, 5.41) is 9.33. The molecule has 25 heavy (non-hydrogen) atoms. The van der Waals surface area contributed by atoms with E-state index in [2.05, 4.69) is 46.6 Å². The van der Waals surface area contributed by atoms with Crippen LogP contribution in [0.2, 0.25) is 0 Å². The van der Waals surface area contributed by atoms with Gasteiger partial charge in [0.05, 0.1) is 0 Å². The van der Waals surface area contributed by atoms with Crippen molar-refractivity contribution in [3.63, 3.8) is 0 Å². The lowest BCUT2D eigenvalue weighted by molar-refractivity contribution is 0.0527. The van der Waals surface area contributed by atoms with E-state index in [1.165, 1.54) is 0 Å². The van der Waals surface area contributed by atoms with Crippen LogP contribution in [0.1, 0.15) is 48.0 Å². The van der Waals surface area contributed by atoms with Crippen LogP contribution in [-0.2, 0) is 4.74 Å². The predicted octanol–water partition coefficient (Wildman–Crippen LogP) is 2.41. The van der Waals surface area contributed by atoms with E-state index in [0.29, 0.717) is 12.6 Å². The zero-order valence-corrected chi connectivity index (χ0v) is 19.3. The zero-order chi connectivity index (χ0) is 18.6. The number of rotatable bonds is 9. The molecule has 0 saturated carbocycles. The number of likely N-dealkylation sites (N-methyl/N-ethyl adjacent to an activating group) is 1. The highest BCUT2D eigenvalue weighted by atomic mass is 127. The second-order valence-corrected chi connectivity index (χ2v) is 6.73. The summed E-state index contributed by atoms with van der Waals surface area (Å²) in [6, 6.07) is 0.451. The van der Waals surface area contributed by atoms with Crippen molar-refractivity contribution in [2.45, 2.75) is 59.6 Å². The normalized spacial score (nSPS) is 13.0. The Bertz CT molecular complexity index is 382. The number of guanidine groups is 1. The molecule has 0 spiro atoms. The molecule has 150 valence electrons. The molecule has 0 aromatic carbocycles. The molecule has 3 N–H and O–H groups in total. The van der Waals surface area contributed by atoms with E-state index in [1.54, 1.807) is 7.05 Å². The first kappa shape index (κ1) is 26.5. The molecule has 0 fully saturated rings. The van der Waals surface area contributed by atoms with Gasteiger partial charge in [0, 0.05) is 32.7 Å². The minimum Gasteiger partial charge on any atom is -0.444 e. The largest absolute Gasteiger partial charge is 0.444 e. The third-order valence-corrected chi connectivity index (χ3v) is 3.54. The number of carbonyl (C=O) groups is 1. The Kier molecular flexibility index (Phi) is 15.2. The van der Waals surface area contributed by atoms with Gasteiger partial charge < -0.3 is 20.7 Å². The summed E-state index contributed by atoms with van der Waals surface area (Å²) in [7, 11) is 1.76. The molecule has 0 aromatic rings. The molecule has 0 aromatic heterocycles. The minimum absolute atomic E-state index is 0. The van der Waals surface area contributed by atoms with Gasteiger partial charge in [-0.3, -0.25) is 9.89 Å². The Morgan fingerprint density at radius 3 is 2.16 bits per heavy atom. The molecular formula is C17H38IN5O2. The number of carbonyl (C=O) groups excluding carboxylic acids is 1. The van der Waals surface area contributed by atoms with Gasteiger partial charge in [-0.2, -0.15) is 0 Å². The molecule has 0 aliphatic heterocycles. The monoisotopic (exact) mass is 471 g/mol. The number of aliphatic imine (C=N–C) groups is 1. The van der Waals surface area contributed by atoms with E-state index >= 15 is 0 Å². The molecule has 1 amide bonds. The van der Waals surface area contributed by atoms with Crippen molar-refractivity contribution in [1.29, 1.82) is 0 Å². The van der Waals surface area contributed by atoms with Crippen LogP contribution < -0.4 is 16.0 Å². The van der Waals surface area contributed by atoms with E-state index in [-0.39, 0.29) is 30.1 Å². The van der Waals surface area contributed by atoms with E-state index in [1.807, 2.05) is 20.8 Å². The van der Waals surface area contributed by atoms with Crippen molar-refractivity contribution in [2.24, 2.45) is 4.99 Å². The Morgan fingerprint density at radius 2 is 1.68 bits per heavy atom. The van der Waals surface area contributed by atoms with Gasteiger partial charge in [-0.15, -0.1) is 24.0 Å². The molecular weight excluding hydrogens is 433 g/mol. The molecule has 0 aliphatic rings. The summed E-state index contributed by atoms with van der Waals surface area (Å²) < 4.78 is 5.18. The van der Waals surface area contributed by atoms with Gasteiger partial charge >= 0.3 is 6.09 Å². The van der Waals surface area contributed by atoms with E-state index in [4.69, 9.17) is 4.74 Å². The standard InChI is InChI=1S/C17H37N5O2.HI/c1-8-22(9-2)14(3)13-21-15(18-7)19-11-10-12-20-16(23)24-17(4,5)6;/h14H,8-13H2,1-7H3,(H,20,23)(H2,18,19,21);1H. The summed E-state index contributed by atoms with van der Waals surface area (Å²) in [5.74, 6) is 0.784. The van der Waals surface area contributed by atoms with Crippen molar-refractivity contribution in [1.82, 2.24) is 20.9 Å². The second kappa shape index (κ2) is 14.4. The summed E-state index contributed by atoms with van der Waals surface area (Å²) in [5.41, 5.74) is -0.462. The molecule has 0 heterocycles. The number of hydrogen-bond acceptors (Lipinski definition) is 4. The fraction of sp³-hybridized carbons (Fsp3) is 0.882. The number of nitrogens with zero attached hydrogens (tertiary/aromatic N) is 2. The lowest BCUT2D eigenvalue weighted by Gasteiger charge is -2.27. The SMILES string of the molecule is CCN(CC)C(C)CNC(=NC)NCCCNC(=O)OC(C)(C)C.I. The van der Waals surface area contributed by atoms with Crippen molar-refractivity contribution >= 4 is 36.0 Å². The van der Waals surface area contributed by atoms with E-state index in [9.17, 15) is 4.79 Å². The average molecular weight is 471 g/mol. The Balaban J connectivity index is 0. The van der Waals surface area contributed by atoms with Gasteiger partial charge in [0.15, 0.2) is 5.96 Å². The Hall–Kier alpha value is -0.770. The van der Waals surface area contributed by atoms with Gasteiger partial charge in [0.2, 0.25) is 0 Å². The molecule has 7 nitrogen and oxygen atoms in total. The van der Waals surface area contributed by atoms with Crippen LogP contribution in [0.5, 0.6) is 0 Å². The van der Waals surface area contributed by atoms with E-state index < -0.39 is 5.60 Å². The maximum absolute atomic E-state index is 11.5. The van der Waals surface area contributed by atoms with Gasteiger partial charge in [-0.05, 0) is 47.2 Å². The third kappa shape index (κ3) is 14.1. The highest BCUT2D eigenvalue weighted by Gasteiger charge is 2.15. The van der Waals surface area contributed by atoms with Gasteiger partial charge in [-0.25, -0.2) is 4.79 Å². The number of nitrogens with one attached hydrogen (secondary N) is 3. The quantitative estimate of drug-likeness (QED) is 0.208. The number of alkyl carbamates (subject to hydrolysis) is 1. The highest BCUT2D eigenvalue weighted by Crippen LogP contribution is 2.06.